The smallest absolute Gasteiger partial charge is 0.301 e. The Bertz CT molecular complexity index is 672. The fourth-order valence-corrected chi connectivity index (χ4v) is 4.12. The summed E-state index contributed by atoms with van der Waals surface area (Å²) in [6.07, 6.45) is 1.97. The van der Waals surface area contributed by atoms with E-state index in [1.54, 1.807) is 18.2 Å². The second-order valence-electron chi connectivity index (χ2n) is 5.78. The maximum Gasteiger partial charge on any atom is 0.301 e. The SMILES string of the molecule is CC1CCN(S(=O)(=O)Nc2ccc3c(c2)CCC(=O)N3)C1. The van der Waals surface area contributed by atoms with Crippen LogP contribution in [-0.4, -0.2) is 31.7 Å². The Morgan fingerprint density at radius 2 is 2.14 bits per heavy atom. The highest BCUT2D eigenvalue weighted by atomic mass is 32.2. The number of amides is 1. The van der Waals surface area contributed by atoms with E-state index in [0.29, 0.717) is 37.5 Å². The van der Waals surface area contributed by atoms with Crippen LogP contribution >= 0.6 is 0 Å². The molecule has 2 aliphatic heterocycles. The van der Waals surface area contributed by atoms with Gasteiger partial charge in [-0.15, -0.1) is 0 Å². The maximum absolute atomic E-state index is 12.3. The van der Waals surface area contributed by atoms with Crippen molar-refractivity contribution in [3.63, 3.8) is 0 Å². The zero-order valence-electron chi connectivity index (χ0n) is 11.9. The van der Waals surface area contributed by atoms with Gasteiger partial charge in [0.05, 0.1) is 5.69 Å². The van der Waals surface area contributed by atoms with Crippen LogP contribution in [0.3, 0.4) is 0 Å². The first-order valence-electron chi connectivity index (χ1n) is 7.15. The van der Waals surface area contributed by atoms with E-state index in [9.17, 15) is 13.2 Å². The number of carbonyl (C=O) groups is 1. The molecule has 2 N–H and O–H groups in total. The van der Waals surface area contributed by atoms with Gasteiger partial charge in [-0.1, -0.05) is 6.92 Å². The lowest BCUT2D eigenvalue weighted by Crippen LogP contribution is -2.34. The van der Waals surface area contributed by atoms with Gasteiger partial charge >= 0.3 is 10.2 Å². The lowest BCUT2D eigenvalue weighted by molar-refractivity contribution is -0.116. The summed E-state index contributed by atoms with van der Waals surface area (Å²) < 4.78 is 28.7. The van der Waals surface area contributed by atoms with Crippen LogP contribution in [0.1, 0.15) is 25.3 Å². The second kappa shape index (κ2) is 5.31. The summed E-state index contributed by atoms with van der Waals surface area (Å²) in [6, 6.07) is 5.23. The Balaban J connectivity index is 1.77. The van der Waals surface area contributed by atoms with Gasteiger partial charge in [0.1, 0.15) is 0 Å². The highest BCUT2D eigenvalue weighted by molar-refractivity contribution is 7.90. The van der Waals surface area contributed by atoms with Crippen molar-refractivity contribution in [3.8, 4) is 0 Å². The lowest BCUT2D eigenvalue weighted by atomic mass is 10.0. The molecule has 114 valence electrons. The van der Waals surface area contributed by atoms with Gasteiger partial charge in [0, 0.05) is 25.2 Å². The number of benzene rings is 1. The third-order valence-corrected chi connectivity index (χ3v) is 5.48. The van der Waals surface area contributed by atoms with Crippen molar-refractivity contribution < 1.29 is 13.2 Å². The fraction of sp³-hybridized carbons (Fsp3) is 0.500. The molecule has 0 aliphatic carbocycles. The minimum atomic E-state index is -3.49. The highest BCUT2D eigenvalue weighted by Gasteiger charge is 2.29. The van der Waals surface area contributed by atoms with Crippen molar-refractivity contribution in [2.45, 2.75) is 26.2 Å². The molecule has 1 fully saturated rings. The lowest BCUT2D eigenvalue weighted by Gasteiger charge is -2.20. The second-order valence-corrected chi connectivity index (χ2v) is 7.45. The minimum Gasteiger partial charge on any atom is -0.326 e. The third kappa shape index (κ3) is 3.03. The molecule has 1 aromatic carbocycles. The molecule has 7 heteroatoms. The molecule has 0 saturated carbocycles. The summed E-state index contributed by atoms with van der Waals surface area (Å²) in [4.78, 5) is 11.3. The van der Waals surface area contributed by atoms with E-state index in [-0.39, 0.29) is 5.91 Å². The normalized spacial score (nSPS) is 22.7. The summed E-state index contributed by atoms with van der Waals surface area (Å²) in [6.45, 7) is 3.19. The van der Waals surface area contributed by atoms with E-state index < -0.39 is 10.2 Å². The van der Waals surface area contributed by atoms with Crippen molar-refractivity contribution in [1.82, 2.24) is 4.31 Å². The molecule has 0 aromatic heterocycles. The Labute approximate surface area is 124 Å². The first-order chi connectivity index (χ1) is 9.94. The van der Waals surface area contributed by atoms with Crippen LogP contribution < -0.4 is 10.0 Å². The standard InChI is InChI=1S/C14H19N3O3S/c1-10-6-7-17(9-10)21(19,20)16-12-3-4-13-11(8-12)2-5-14(18)15-13/h3-4,8,10,16H,2,5-7,9H2,1H3,(H,15,18). The number of hydrogen-bond donors (Lipinski definition) is 2. The number of aryl methyl sites for hydroxylation is 1. The van der Waals surface area contributed by atoms with Crippen molar-refractivity contribution in [2.24, 2.45) is 5.92 Å². The Hall–Kier alpha value is -1.60. The number of fused-ring (bicyclic) bond motifs is 1. The topological polar surface area (TPSA) is 78.5 Å². The van der Waals surface area contributed by atoms with E-state index in [4.69, 9.17) is 0 Å². The number of hydrogen-bond acceptors (Lipinski definition) is 3. The van der Waals surface area contributed by atoms with Crippen LogP contribution in [-0.2, 0) is 21.4 Å². The molecule has 2 heterocycles. The van der Waals surface area contributed by atoms with E-state index in [1.807, 2.05) is 0 Å². The molecule has 0 radical (unpaired) electrons. The molecular weight excluding hydrogens is 290 g/mol. The van der Waals surface area contributed by atoms with Gasteiger partial charge in [0.25, 0.3) is 0 Å². The first kappa shape index (κ1) is 14.3. The molecule has 1 aromatic rings. The Kier molecular flexibility index (Phi) is 3.62. The van der Waals surface area contributed by atoms with Crippen molar-refractivity contribution in [3.05, 3.63) is 23.8 Å². The van der Waals surface area contributed by atoms with E-state index in [2.05, 4.69) is 17.0 Å². The average Bonchev–Trinajstić information content (AvgIpc) is 2.86. The number of rotatable bonds is 3. The van der Waals surface area contributed by atoms with Gasteiger partial charge in [-0.05, 0) is 42.5 Å². The van der Waals surface area contributed by atoms with Gasteiger partial charge in [-0.25, -0.2) is 0 Å². The predicted octanol–water partition coefficient (Wildman–Crippen LogP) is 1.57. The molecule has 1 saturated heterocycles. The average molecular weight is 309 g/mol. The minimum absolute atomic E-state index is 0.00175. The first-order valence-corrected chi connectivity index (χ1v) is 8.59. The quantitative estimate of drug-likeness (QED) is 0.889. The van der Waals surface area contributed by atoms with Gasteiger partial charge in [0.2, 0.25) is 5.91 Å². The largest absolute Gasteiger partial charge is 0.326 e. The molecule has 2 aliphatic rings. The summed E-state index contributed by atoms with van der Waals surface area (Å²) in [5.41, 5.74) is 2.28. The van der Waals surface area contributed by atoms with Crippen LogP contribution in [0.15, 0.2) is 18.2 Å². The molecule has 6 nitrogen and oxygen atoms in total. The zero-order chi connectivity index (χ0) is 15.0. The molecular formula is C14H19N3O3S. The number of anilines is 2. The van der Waals surface area contributed by atoms with Crippen LogP contribution in [0, 0.1) is 5.92 Å². The highest BCUT2D eigenvalue weighted by Crippen LogP contribution is 2.27. The Morgan fingerprint density at radius 3 is 2.86 bits per heavy atom. The molecule has 1 unspecified atom stereocenters. The summed E-state index contributed by atoms with van der Waals surface area (Å²) in [7, 11) is -3.49. The van der Waals surface area contributed by atoms with Gasteiger partial charge < -0.3 is 5.32 Å². The summed E-state index contributed by atoms with van der Waals surface area (Å²) in [5, 5.41) is 2.78. The van der Waals surface area contributed by atoms with Gasteiger partial charge in [-0.2, -0.15) is 12.7 Å². The van der Waals surface area contributed by atoms with Crippen molar-refractivity contribution in [2.75, 3.05) is 23.1 Å². The Morgan fingerprint density at radius 1 is 1.33 bits per heavy atom. The van der Waals surface area contributed by atoms with Crippen molar-refractivity contribution in [1.29, 1.82) is 0 Å². The summed E-state index contributed by atoms with van der Waals surface area (Å²) in [5.74, 6) is 0.405. The van der Waals surface area contributed by atoms with Crippen LogP contribution in [0.5, 0.6) is 0 Å². The van der Waals surface area contributed by atoms with E-state index in [0.717, 1.165) is 17.7 Å². The molecule has 3 rings (SSSR count). The maximum atomic E-state index is 12.3. The summed E-state index contributed by atoms with van der Waals surface area (Å²) >= 11 is 0. The predicted molar refractivity (Wildman–Crippen MR) is 81.3 cm³/mol. The fourth-order valence-electron chi connectivity index (χ4n) is 2.77. The number of carbonyl (C=O) groups excluding carboxylic acids is 1. The monoisotopic (exact) mass is 309 g/mol. The number of nitrogens with zero attached hydrogens (tertiary/aromatic N) is 1. The molecule has 21 heavy (non-hydrogen) atoms. The van der Waals surface area contributed by atoms with Crippen LogP contribution in [0.25, 0.3) is 0 Å². The van der Waals surface area contributed by atoms with Crippen LogP contribution in [0.4, 0.5) is 11.4 Å². The van der Waals surface area contributed by atoms with Gasteiger partial charge in [0.15, 0.2) is 0 Å². The molecule has 0 bridgehead atoms. The van der Waals surface area contributed by atoms with Crippen molar-refractivity contribution >= 4 is 27.5 Å². The van der Waals surface area contributed by atoms with Crippen LogP contribution in [0.2, 0.25) is 0 Å². The van der Waals surface area contributed by atoms with E-state index >= 15 is 0 Å². The van der Waals surface area contributed by atoms with Gasteiger partial charge in [-0.3, -0.25) is 9.52 Å². The molecule has 1 atom stereocenters. The molecule has 0 spiro atoms. The van der Waals surface area contributed by atoms with E-state index in [1.165, 1.54) is 4.31 Å². The molecule has 1 amide bonds. The third-order valence-electron chi connectivity index (χ3n) is 3.97. The number of nitrogens with one attached hydrogen (secondary N) is 2. The zero-order valence-corrected chi connectivity index (χ0v) is 12.7.